The fourth-order valence-corrected chi connectivity index (χ4v) is 5.44. The Morgan fingerprint density at radius 1 is 1.02 bits per heavy atom. The lowest BCUT2D eigenvalue weighted by molar-refractivity contribution is -0.198. The molecule has 0 radical (unpaired) electrons. The second-order valence-corrected chi connectivity index (χ2v) is 10.4. The smallest absolute Gasteiger partial charge is 0.429 e. The molecule has 2 saturated heterocycles. The lowest BCUT2D eigenvalue weighted by atomic mass is 9.76. The number of benzene rings is 2. The van der Waals surface area contributed by atoms with Crippen molar-refractivity contribution in [3.63, 3.8) is 0 Å². The molecule has 0 bridgehead atoms. The van der Waals surface area contributed by atoms with Crippen molar-refractivity contribution in [1.29, 1.82) is 0 Å². The average Bonchev–Trinajstić information content (AvgIpc) is 3.35. The summed E-state index contributed by atoms with van der Waals surface area (Å²) >= 11 is 0. The van der Waals surface area contributed by atoms with Gasteiger partial charge in [-0.05, 0) is 47.9 Å². The maximum Gasteiger partial charge on any atom is 0.429 e. The summed E-state index contributed by atoms with van der Waals surface area (Å²) in [5, 5.41) is 21.4. The van der Waals surface area contributed by atoms with E-state index in [9.17, 15) is 27.9 Å². The first-order valence-electron chi connectivity index (χ1n) is 13.0. The first kappa shape index (κ1) is 28.1. The van der Waals surface area contributed by atoms with E-state index in [1.807, 2.05) is 4.90 Å². The van der Waals surface area contributed by atoms with Crippen LogP contribution in [0.25, 0.3) is 11.1 Å². The van der Waals surface area contributed by atoms with E-state index < -0.39 is 30.3 Å². The molecule has 1 unspecified atom stereocenters. The van der Waals surface area contributed by atoms with Crippen LogP contribution >= 0.6 is 0 Å². The molecule has 0 amide bonds. The number of nitrogens with zero attached hydrogens (tertiary/aromatic N) is 3. The third-order valence-electron chi connectivity index (χ3n) is 7.73. The Bertz CT molecular complexity index is 1420. The van der Waals surface area contributed by atoms with Crippen molar-refractivity contribution in [1.82, 2.24) is 15.3 Å². The highest BCUT2D eigenvalue weighted by molar-refractivity contribution is 5.88. The van der Waals surface area contributed by atoms with Crippen LogP contribution in [0.2, 0.25) is 0 Å². The molecule has 1 spiro atoms. The van der Waals surface area contributed by atoms with Gasteiger partial charge >= 0.3 is 18.1 Å². The number of nitrogens with two attached hydrogens (primary N) is 1. The summed E-state index contributed by atoms with van der Waals surface area (Å²) in [6, 6.07) is 12.4. The summed E-state index contributed by atoms with van der Waals surface area (Å²) in [5.74, 6) is -2.17. The maximum absolute atomic E-state index is 14.1. The number of hydrogen-bond acceptors (Lipinski definition) is 8. The number of carboxylic acid groups (broad SMARTS) is 2. The zero-order valence-electron chi connectivity index (χ0n) is 21.8. The third kappa shape index (κ3) is 6.19. The van der Waals surface area contributed by atoms with Gasteiger partial charge in [0.15, 0.2) is 0 Å². The molecular formula is C28H28F3N5O5. The standard InChI is InChI=1S/C28H28F3N5O5/c29-28(30,31)23(18-5-1-16(2-6-18)17-3-7-19(8-4-17)24(37)38)41-22-13-21(34-26(32)35-22)36-11-9-27(10-12-36)14-20(25(39)40)33-15-27/h1-8,13,20,23,33H,9-12,14-15H2,(H,37,38)(H,39,40)(H2,32,34,35)/t20-,23?/m0/s1. The molecule has 3 heterocycles. The summed E-state index contributed by atoms with van der Waals surface area (Å²) < 4.78 is 47.8. The molecule has 2 aliphatic rings. The van der Waals surface area contributed by atoms with Crippen molar-refractivity contribution in [3.8, 4) is 17.0 Å². The Morgan fingerprint density at radius 3 is 2.17 bits per heavy atom. The number of carbonyl (C=O) groups is 2. The van der Waals surface area contributed by atoms with Gasteiger partial charge in [-0.1, -0.05) is 36.4 Å². The molecule has 216 valence electrons. The van der Waals surface area contributed by atoms with Crippen molar-refractivity contribution < 1.29 is 37.7 Å². The molecule has 2 aliphatic heterocycles. The van der Waals surface area contributed by atoms with E-state index in [1.54, 1.807) is 12.1 Å². The second kappa shape index (κ2) is 10.9. The van der Waals surface area contributed by atoms with Gasteiger partial charge in [0.1, 0.15) is 11.9 Å². The van der Waals surface area contributed by atoms with Crippen LogP contribution in [-0.4, -0.2) is 64.0 Å². The molecule has 2 aromatic carbocycles. The molecule has 5 N–H and O–H groups in total. The largest absolute Gasteiger partial charge is 0.480 e. The van der Waals surface area contributed by atoms with E-state index in [4.69, 9.17) is 15.6 Å². The predicted octanol–water partition coefficient (Wildman–Crippen LogP) is 4.14. The summed E-state index contributed by atoms with van der Waals surface area (Å²) in [7, 11) is 0. The van der Waals surface area contributed by atoms with E-state index in [1.165, 1.54) is 42.5 Å². The van der Waals surface area contributed by atoms with Crippen LogP contribution in [0.5, 0.6) is 5.88 Å². The van der Waals surface area contributed by atoms with Gasteiger partial charge in [0.05, 0.1) is 5.56 Å². The minimum absolute atomic E-state index is 0.103. The molecule has 0 aliphatic carbocycles. The van der Waals surface area contributed by atoms with Crippen molar-refractivity contribution in [2.45, 2.75) is 37.6 Å². The molecule has 5 rings (SSSR count). The predicted molar refractivity (Wildman–Crippen MR) is 143 cm³/mol. The fraction of sp³-hybridized carbons (Fsp3) is 0.357. The van der Waals surface area contributed by atoms with Crippen LogP contribution in [0.15, 0.2) is 54.6 Å². The van der Waals surface area contributed by atoms with Crippen molar-refractivity contribution in [2.24, 2.45) is 5.41 Å². The average molecular weight is 572 g/mol. The minimum Gasteiger partial charge on any atom is -0.480 e. The topological polar surface area (TPSA) is 151 Å². The van der Waals surface area contributed by atoms with Gasteiger partial charge in [-0.15, -0.1) is 0 Å². The fourth-order valence-electron chi connectivity index (χ4n) is 5.44. The number of ether oxygens (including phenoxy) is 1. The molecule has 3 aromatic rings. The first-order valence-corrected chi connectivity index (χ1v) is 13.0. The van der Waals surface area contributed by atoms with Gasteiger partial charge in [0.25, 0.3) is 0 Å². The van der Waals surface area contributed by atoms with Crippen LogP contribution in [0.4, 0.5) is 24.9 Å². The van der Waals surface area contributed by atoms with Crippen LogP contribution in [0, 0.1) is 5.41 Å². The summed E-state index contributed by atoms with van der Waals surface area (Å²) in [6.07, 6.45) is -5.18. The van der Waals surface area contributed by atoms with Crippen LogP contribution < -0.4 is 20.7 Å². The Labute approximate surface area is 233 Å². The molecular weight excluding hydrogens is 543 g/mol. The Hall–Kier alpha value is -4.39. The number of nitrogens with one attached hydrogen (secondary N) is 1. The highest BCUT2D eigenvalue weighted by Gasteiger charge is 2.45. The summed E-state index contributed by atoms with van der Waals surface area (Å²) in [5.41, 5.74) is 6.91. The van der Waals surface area contributed by atoms with Crippen molar-refractivity contribution in [2.75, 3.05) is 30.3 Å². The summed E-state index contributed by atoms with van der Waals surface area (Å²) in [6.45, 7) is 1.65. The number of aromatic carboxylic acids is 1. The van der Waals surface area contributed by atoms with Crippen molar-refractivity contribution >= 4 is 23.7 Å². The number of hydrogen-bond donors (Lipinski definition) is 4. The molecule has 10 nitrogen and oxygen atoms in total. The third-order valence-corrected chi connectivity index (χ3v) is 7.73. The number of alkyl halides is 3. The summed E-state index contributed by atoms with van der Waals surface area (Å²) in [4.78, 5) is 32.4. The lowest BCUT2D eigenvalue weighted by Crippen LogP contribution is -2.41. The monoisotopic (exact) mass is 571 g/mol. The number of nitrogen functional groups attached to an aromatic ring is 1. The van der Waals surface area contributed by atoms with Gasteiger partial charge < -0.3 is 30.9 Å². The number of rotatable bonds is 7. The molecule has 2 atom stereocenters. The van der Waals surface area contributed by atoms with E-state index in [0.29, 0.717) is 55.8 Å². The zero-order valence-corrected chi connectivity index (χ0v) is 21.8. The highest BCUT2D eigenvalue weighted by atomic mass is 19.4. The molecule has 41 heavy (non-hydrogen) atoms. The van der Waals surface area contributed by atoms with Gasteiger partial charge in [-0.2, -0.15) is 23.1 Å². The number of carboxylic acids is 2. The normalized spacial score (nSPS) is 19.2. The Kier molecular flexibility index (Phi) is 7.47. The Morgan fingerprint density at radius 2 is 1.63 bits per heavy atom. The minimum atomic E-state index is -4.77. The molecule has 1 aromatic heterocycles. The quantitative estimate of drug-likeness (QED) is 0.326. The van der Waals surface area contributed by atoms with E-state index in [0.717, 1.165) is 0 Å². The van der Waals surface area contributed by atoms with Crippen LogP contribution in [0.3, 0.4) is 0 Å². The Balaban J connectivity index is 1.31. The lowest BCUT2D eigenvalue weighted by Gasteiger charge is -2.39. The number of aliphatic carboxylic acids is 1. The van der Waals surface area contributed by atoms with Crippen molar-refractivity contribution in [3.05, 3.63) is 65.7 Å². The van der Waals surface area contributed by atoms with Gasteiger partial charge in [0.2, 0.25) is 17.9 Å². The first-order chi connectivity index (χ1) is 19.4. The SMILES string of the molecule is Nc1nc(OC(c2ccc(-c3ccc(C(=O)O)cc3)cc2)C(F)(F)F)cc(N2CCC3(CC2)CN[C@H](C(=O)O)C3)n1. The van der Waals surface area contributed by atoms with Gasteiger partial charge in [0, 0.05) is 31.3 Å². The zero-order chi connectivity index (χ0) is 29.4. The number of anilines is 2. The van der Waals surface area contributed by atoms with Gasteiger partial charge in [-0.3, -0.25) is 4.79 Å². The number of piperidine rings is 1. The number of halogens is 3. The molecule has 13 heteroatoms. The van der Waals surface area contributed by atoms with Crippen LogP contribution in [0.1, 0.15) is 41.3 Å². The number of aromatic nitrogens is 2. The van der Waals surface area contributed by atoms with Crippen LogP contribution in [-0.2, 0) is 4.79 Å². The maximum atomic E-state index is 14.1. The molecule has 2 fully saturated rings. The molecule has 0 saturated carbocycles. The van der Waals surface area contributed by atoms with Gasteiger partial charge in [-0.25, -0.2) is 4.79 Å². The van der Waals surface area contributed by atoms with E-state index >= 15 is 0 Å². The van der Waals surface area contributed by atoms with E-state index in [2.05, 4.69) is 15.3 Å². The highest BCUT2D eigenvalue weighted by Crippen LogP contribution is 2.41. The second-order valence-electron chi connectivity index (χ2n) is 10.4. The van der Waals surface area contributed by atoms with E-state index in [-0.39, 0.29) is 28.4 Å².